The molecule has 0 aliphatic heterocycles. The highest BCUT2D eigenvalue weighted by Crippen LogP contribution is 2.36. The van der Waals surface area contributed by atoms with Crippen LogP contribution in [0.4, 0.5) is 5.69 Å². The molecule has 2 amide bonds. The fraction of sp³-hybridized carbons (Fsp3) is 0.214. The summed E-state index contributed by atoms with van der Waals surface area (Å²) in [5, 5.41) is 26.4. The lowest BCUT2D eigenvalue weighted by molar-refractivity contribution is -0.386. The van der Waals surface area contributed by atoms with E-state index >= 15 is 0 Å². The zero-order valence-electron chi connectivity index (χ0n) is 12.8. The van der Waals surface area contributed by atoms with Gasteiger partial charge in [-0.05, 0) is 13.0 Å². The van der Waals surface area contributed by atoms with E-state index in [4.69, 9.17) is 4.74 Å². The third kappa shape index (κ3) is 5.09. The SMILES string of the molecule is C=CCNC(=O)C(=O)N/N=C\c1cc(OCC)c(O)c([N+](=O)[O-])c1. The maximum atomic E-state index is 11.4. The summed E-state index contributed by atoms with van der Waals surface area (Å²) in [6.45, 7) is 5.34. The molecule has 0 heterocycles. The molecule has 10 nitrogen and oxygen atoms in total. The van der Waals surface area contributed by atoms with Gasteiger partial charge in [-0.25, -0.2) is 5.43 Å². The molecule has 1 aromatic carbocycles. The zero-order chi connectivity index (χ0) is 18.1. The van der Waals surface area contributed by atoms with Gasteiger partial charge in [-0.2, -0.15) is 5.10 Å². The molecule has 1 rings (SSSR count). The number of ether oxygens (including phenoxy) is 1. The first kappa shape index (κ1) is 18.6. The molecule has 0 saturated carbocycles. The van der Waals surface area contributed by atoms with E-state index in [1.807, 2.05) is 5.43 Å². The average Bonchev–Trinajstić information content (AvgIpc) is 2.54. The lowest BCUT2D eigenvalue weighted by Gasteiger charge is -2.07. The van der Waals surface area contributed by atoms with Crippen molar-refractivity contribution >= 4 is 23.7 Å². The summed E-state index contributed by atoms with van der Waals surface area (Å²) in [6.07, 6.45) is 2.48. The van der Waals surface area contributed by atoms with Crippen molar-refractivity contribution in [2.24, 2.45) is 5.10 Å². The molecule has 0 spiro atoms. The minimum atomic E-state index is -1.01. The largest absolute Gasteiger partial charge is 0.500 e. The molecule has 0 bridgehead atoms. The number of phenols is 1. The van der Waals surface area contributed by atoms with Gasteiger partial charge in [-0.1, -0.05) is 6.08 Å². The van der Waals surface area contributed by atoms with Crippen LogP contribution in [0.3, 0.4) is 0 Å². The first-order valence-corrected chi connectivity index (χ1v) is 6.77. The molecule has 3 N–H and O–H groups in total. The van der Waals surface area contributed by atoms with Gasteiger partial charge in [-0.3, -0.25) is 19.7 Å². The van der Waals surface area contributed by atoms with Gasteiger partial charge < -0.3 is 15.2 Å². The van der Waals surface area contributed by atoms with Crippen molar-refractivity contribution in [1.29, 1.82) is 0 Å². The normalized spacial score (nSPS) is 10.2. The van der Waals surface area contributed by atoms with Crippen molar-refractivity contribution in [3.8, 4) is 11.5 Å². The number of aromatic hydroxyl groups is 1. The van der Waals surface area contributed by atoms with E-state index in [2.05, 4.69) is 17.0 Å². The minimum Gasteiger partial charge on any atom is -0.500 e. The molecule has 128 valence electrons. The first-order valence-electron chi connectivity index (χ1n) is 6.77. The van der Waals surface area contributed by atoms with E-state index < -0.39 is 28.2 Å². The third-order valence-corrected chi connectivity index (χ3v) is 2.57. The van der Waals surface area contributed by atoms with E-state index in [1.165, 1.54) is 12.1 Å². The summed E-state index contributed by atoms with van der Waals surface area (Å²) in [7, 11) is 0. The van der Waals surface area contributed by atoms with Crippen molar-refractivity contribution in [1.82, 2.24) is 10.7 Å². The predicted molar refractivity (Wildman–Crippen MR) is 84.9 cm³/mol. The number of hydrogen-bond acceptors (Lipinski definition) is 7. The fourth-order valence-electron chi connectivity index (χ4n) is 1.55. The number of nitro groups is 1. The van der Waals surface area contributed by atoms with E-state index in [1.54, 1.807) is 6.92 Å². The van der Waals surface area contributed by atoms with Gasteiger partial charge in [-0.15, -0.1) is 6.58 Å². The quantitative estimate of drug-likeness (QED) is 0.217. The molecule has 1 aromatic rings. The Labute approximate surface area is 137 Å². The summed E-state index contributed by atoms with van der Waals surface area (Å²) >= 11 is 0. The molecule has 0 aliphatic rings. The number of hydrazone groups is 1. The second kappa shape index (κ2) is 8.88. The van der Waals surface area contributed by atoms with E-state index in [9.17, 15) is 24.8 Å². The lowest BCUT2D eigenvalue weighted by Crippen LogP contribution is -2.37. The Morgan fingerprint density at radius 3 is 2.75 bits per heavy atom. The van der Waals surface area contributed by atoms with Crippen LogP contribution < -0.4 is 15.5 Å². The van der Waals surface area contributed by atoms with Crippen LogP contribution >= 0.6 is 0 Å². The summed E-state index contributed by atoms with van der Waals surface area (Å²) in [5.74, 6) is -2.61. The molecule has 0 atom stereocenters. The van der Waals surface area contributed by atoms with Crippen LogP contribution in [0.5, 0.6) is 11.5 Å². The Morgan fingerprint density at radius 1 is 1.46 bits per heavy atom. The Kier molecular flexibility index (Phi) is 6.89. The third-order valence-electron chi connectivity index (χ3n) is 2.57. The van der Waals surface area contributed by atoms with Gasteiger partial charge >= 0.3 is 17.5 Å². The molecule has 0 saturated heterocycles. The highest BCUT2D eigenvalue weighted by atomic mass is 16.6. The monoisotopic (exact) mass is 336 g/mol. The molecule has 0 radical (unpaired) electrons. The molecule has 0 aliphatic carbocycles. The van der Waals surface area contributed by atoms with Crippen molar-refractivity contribution in [2.75, 3.05) is 13.2 Å². The number of hydrogen-bond donors (Lipinski definition) is 3. The fourth-order valence-corrected chi connectivity index (χ4v) is 1.55. The van der Waals surface area contributed by atoms with E-state index in [-0.39, 0.29) is 24.5 Å². The average molecular weight is 336 g/mol. The predicted octanol–water partition coefficient (Wildman–Crippen LogP) is 0.451. The summed E-state index contributed by atoms with van der Waals surface area (Å²) < 4.78 is 5.10. The summed E-state index contributed by atoms with van der Waals surface area (Å²) in [4.78, 5) is 32.8. The van der Waals surface area contributed by atoms with Crippen molar-refractivity contribution in [3.05, 3.63) is 40.5 Å². The minimum absolute atomic E-state index is 0.0943. The number of phenolic OH excluding ortho intramolecular Hbond substituents is 1. The Balaban J connectivity index is 2.90. The van der Waals surface area contributed by atoms with Gasteiger partial charge in [0, 0.05) is 18.2 Å². The molecular formula is C14H16N4O6. The van der Waals surface area contributed by atoms with Crippen LogP contribution in [-0.4, -0.2) is 41.2 Å². The second-order valence-electron chi connectivity index (χ2n) is 4.27. The van der Waals surface area contributed by atoms with Gasteiger partial charge in [0.2, 0.25) is 5.75 Å². The van der Waals surface area contributed by atoms with E-state index in [0.29, 0.717) is 0 Å². The second-order valence-corrected chi connectivity index (χ2v) is 4.27. The van der Waals surface area contributed by atoms with Gasteiger partial charge in [0.1, 0.15) is 0 Å². The first-order chi connectivity index (χ1) is 11.4. The number of amides is 2. The topological polar surface area (TPSA) is 143 Å². The smallest absolute Gasteiger partial charge is 0.329 e. The van der Waals surface area contributed by atoms with E-state index in [0.717, 1.165) is 12.3 Å². The van der Waals surface area contributed by atoms with Gasteiger partial charge in [0.25, 0.3) is 0 Å². The summed E-state index contributed by atoms with van der Waals surface area (Å²) in [6, 6.07) is 2.35. The molecule has 0 unspecified atom stereocenters. The molecule has 0 fully saturated rings. The van der Waals surface area contributed by atoms with Crippen molar-refractivity contribution in [2.45, 2.75) is 6.92 Å². The van der Waals surface area contributed by atoms with Crippen LogP contribution in [0.1, 0.15) is 12.5 Å². The number of carbonyl (C=O) groups excluding carboxylic acids is 2. The maximum Gasteiger partial charge on any atom is 0.329 e. The van der Waals surface area contributed by atoms with Crippen LogP contribution in [0.25, 0.3) is 0 Å². The van der Waals surface area contributed by atoms with Crippen LogP contribution in [-0.2, 0) is 9.59 Å². The standard InChI is InChI=1S/C14H16N4O6/c1-3-5-15-13(20)14(21)17-16-8-9-6-10(18(22)23)12(19)11(7-9)24-4-2/h3,6-8,19H,1,4-5H2,2H3,(H,15,20)(H,17,21)/b16-8-. The number of nitrogens with zero attached hydrogens (tertiary/aromatic N) is 2. The summed E-state index contributed by atoms with van der Waals surface area (Å²) in [5.41, 5.74) is 1.58. The Hall–Kier alpha value is -3.43. The Bertz CT molecular complexity index is 686. The lowest BCUT2D eigenvalue weighted by atomic mass is 10.2. The number of benzene rings is 1. The number of carbonyl (C=O) groups is 2. The van der Waals surface area contributed by atoms with Crippen LogP contribution in [0.15, 0.2) is 29.9 Å². The highest BCUT2D eigenvalue weighted by molar-refractivity contribution is 6.35. The van der Waals surface area contributed by atoms with Crippen LogP contribution in [0, 0.1) is 10.1 Å². The number of rotatable bonds is 7. The van der Waals surface area contributed by atoms with Crippen LogP contribution in [0.2, 0.25) is 0 Å². The maximum absolute atomic E-state index is 11.4. The number of nitro benzene ring substituents is 1. The zero-order valence-corrected chi connectivity index (χ0v) is 12.8. The van der Waals surface area contributed by atoms with Crippen molar-refractivity contribution < 1.29 is 24.4 Å². The van der Waals surface area contributed by atoms with Crippen molar-refractivity contribution in [3.63, 3.8) is 0 Å². The molecule has 0 aromatic heterocycles. The highest BCUT2D eigenvalue weighted by Gasteiger charge is 2.19. The Morgan fingerprint density at radius 2 is 2.17 bits per heavy atom. The molecule has 24 heavy (non-hydrogen) atoms. The van der Waals surface area contributed by atoms with Gasteiger partial charge in [0.15, 0.2) is 5.75 Å². The number of nitrogens with one attached hydrogen (secondary N) is 2. The molecule has 10 heteroatoms. The molecular weight excluding hydrogens is 320 g/mol. The van der Waals surface area contributed by atoms with Gasteiger partial charge in [0.05, 0.1) is 17.7 Å².